The molecule has 3 rings (SSSR count). The highest BCUT2D eigenvalue weighted by atomic mass is 35.5. The van der Waals surface area contributed by atoms with Crippen LogP contribution in [0.4, 0.5) is 5.69 Å². The second-order valence-electron chi connectivity index (χ2n) is 7.24. The van der Waals surface area contributed by atoms with Gasteiger partial charge in [0.2, 0.25) is 11.9 Å². The van der Waals surface area contributed by atoms with Gasteiger partial charge in [-0.1, -0.05) is 48.0 Å². The molecule has 28 heavy (non-hydrogen) atoms. The van der Waals surface area contributed by atoms with Crippen LogP contribution >= 0.6 is 24.0 Å². The van der Waals surface area contributed by atoms with Crippen LogP contribution < -0.4 is 16.4 Å². The summed E-state index contributed by atoms with van der Waals surface area (Å²) in [5.41, 5.74) is 14.6. The predicted molar refractivity (Wildman–Crippen MR) is 122 cm³/mol. The summed E-state index contributed by atoms with van der Waals surface area (Å²) in [6.45, 7) is 3.87. The Balaban J connectivity index is 0.00000280. The molecule has 0 unspecified atom stereocenters. The molecule has 0 spiro atoms. The van der Waals surface area contributed by atoms with Crippen molar-refractivity contribution < 1.29 is 0 Å². The number of halogens is 2. The minimum atomic E-state index is -0.615. The Hall–Kier alpha value is -2.24. The van der Waals surface area contributed by atoms with Crippen LogP contribution in [0.5, 0.6) is 0 Å². The van der Waals surface area contributed by atoms with Gasteiger partial charge in [0.05, 0.1) is 0 Å². The average Bonchev–Trinajstić information content (AvgIpc) is 2.59. The van der Waals surface area contributed by atoms with Gasteiger partial charge in [0, 0.05) is 10.7 Å². The fraction of sp³-hybridized carbons (Fsp3) is 0.333. The van der Waals surface area contributed by atoms with Crippen molar-refractivity contribution in [3.63, 3.8) is 0 Å². The number of nitrogens with zero attached hydrogens (tertiary/aromatic N) is 3. The molecule has 0 saturated carbocycles. The summed E-state index contributed by atoms with van der Waals surface area (Å²) in [6, 6.07) is 16.6. The number of rotatable bonds is 6. The number of hydrogen-bond acceptors (Lipinski definition) is 5. The summed E-state index contributed by atoms with van der Waals surface area (Å²) in [4.78, 5) is 10.3. The molecule has 1 heterocycles. The summed E-state index contributed by atoms with van der Waals surface area (Å²) < 4.78 is 0. The fourth-order valence-corrected chi connectivity index (χ4v) is 3.69. The number of unbranched alkanes of at least 4 members (excludes halogenated alkanes) is 1. The van der Waals surface area contributed by atoms with E-state index in [1.165, 1.54) is 5.56 Å². The quantitative estimate of drug-likeness (QED) is 0.675. The second kappa shape index (κ2) is 9.30. The van der Waals surface area contributed by atoms with E-state index in [-0.39, 0.29) is 18.4 Å². The molecule has 4 N–H and O–H groups in total. The highest BCUT2D eigenvalue weighted by Crippen LogP contribution is 2.31. The van der Waals surface area contributed by atoms with Gasteiger partial charge >= 0.3 is 0 Å². The van der Waals surface area contributed by atoms with Crippen molar-refractivity contribution in [2.75, 3.05) is 4.90 Å². The molecule has 1 aliphatic rings. The number of benzene rings is 2. The van der Waals surface area contributed by atoms with Crippen molar-refractivity contribution in [3.8, 4) is 0 Å². The molecule has 0 radical (unpaired) electrons. The predicted octanol–water partition coefficient (Wildman–Crippen LogP) is 4.51. The Labute approximate surface area is 177 Å². The lowest BCUT2D eigenvalue weighted by Gasteiger charge is -2.38. The Morgan fingerprint density at radius 3 is 2.32 bits per heavy atom. The van der Waals surface area contributed by atoms with E-state index >= 15 is 0 Å². The Kier molecular flexibility index (Phi) is 7.33. The van der Waals surface area contributed by atoms with Crippen LogP contribution in [-0.2, 0) is 12.8 Å². The van der Waals surface area contributed by atoms with Crippen LogP contribution in [0.3, 0.4) is 0 Å². The van der Waals surface area contributed by atoms with Gasteiger partial charge in [-0.05, 0) is 62.8 Å². The van der Waals surface area contributed by atoms with Crippen molar-refractivity contribution in [2.24, 2.45) is 21.5 Å². The third-order valence-corrected chi connectivity index (χ3v) is 5.04. The fourth-order valence-electron chi connectivity index (χ4n) is 3.42. The lowest BCUT2D eigenvalue weighted by Crippen LogP contribution is -2.54. The summed E-state index contributed by atoms with van der Waals surface area (Å²) in [7, 11) is 0. The molecule has 2 aromatic carbocycles. The molecule has 5 nitrogen and oxygen atoms in total. The first-order valence-corrected chi connectivity index (χ1v) is 9.57. The Morgan fingerprint density at radius 2 is 1.68 bits per heavy atom. The highest BCUT2D eigenvalue weighted by molar-refractivity contribution is 6.31. The Morgan fingerprint density at radius 1 is 1.00 bits per heavy atom. The minimum Gasteiger partial charge on any atom is -0.369 e. The zero-order chi connectivity index (χ0) is 19.4. The number of anilines is 1. The standard InChI is InChI=1S/C21H26ClN5.ClH/c1-21(2)26-19(23)25-20(24)27(21)17-13-12-16(18(22)14-17)11-7-6-10-15-8-4-3-5-9-15;/h3-5,8-9,12-14H,6-7,10-11H2,1-2H3,(H4,23,24,25,26);1H. The van der Waals surface area contributed by atoms with Crippen molar-refractivity contribution in [1.82, 2.24) is 0 Å². The molecule has 0 saturated heterocycles. The van der Waals surface area contributed by atoms with Crippen LogP contribution in [0.25, 0.3) is 0 Å². The summed E-state index contributed by atoms with van der Waals surface area (Å²) in [5, 5.41) is 0.735. The number of aliphatic imine (C=N–C) groups is 2. The van der Waals surface area contributed by atoms with Gasteiger partial charge in [-0.25, -0.2) is 4.99 Å². The summed E-state index contributed by atoms with van der Waals surface area (Å²) in [5.74, 6) is 0.508. The van der Waals surface area contributed by atoms with Crippen LogP contribution in [0.2, 0.25) is 5.02 Å². The van der Waals surface area contributed by atoms with Crippen LogP contribution in [-0.4, -0.2) is 17.6 Å². The van der Waals surface area contributed by atoms with E-state index in [0.29, 0.717) is 5.96 Å². The minimum absolute atomic E-state index is 0. The van der Waals surface area contributed by atoms with Gasteiger partial charge in [-0.3, -0.25) is 4.90 Å². The molecule has 2 aromatic rings. The van der Waals surface area contributed by atoms with Gasteiger partial charge in [0.15, 0.2) is 0 Å². The third-order valence-electron chi connectivity index (χ3n) is 4.69. The number of guanidine groups is 2. The highest BCUT2D eigenvalue weighted by Gasteiger charge is 2.33. The smallest absolute Gasteiger partial charge is 0.220 e. The molecule has 0 atom stereocenters. The van der Waals surface area contributed by atoms with Gasteiger partial charge in [0.1, 0.15) is 5.66 Å². The maximum Gasteiger partial charge on any atom is 0.220 e. The van der Waals surface area contributed by atoms with Crippen molar-refractivity contribution >= 4 is 41.6 Å². The maximum atomic E-state index is 6.55. The molecular formula is C21H27Cl2N5. The van der Waals surface area contributed by atoms with E-state index in [0.717, 1.165) is 42.0 Å². The Bertz CT molecular complexity index is 862. The molecule has 7 heteroatoms. The molecule has 1 aliphatic heterocycles. The second-order valence-corrected chi connectivity index (χ2v) is 7.65. The van der Waals surface area contributed by atoms with Gasteiger partial charge in [0.25, 0.3) is 0 Å². The van der Waals surface area contributed by atoms with Crippen molar-refractivity contribution in [2.45, 2.75) is 45.2 Å². The van der Waals surface area contributed by atoms with Crippen molar-refractivity contribution in [3.05, 3.63) is 64.7 Å². The molecular weight excluding hydrogens is 393 g/mol. The van der Waals surface area contributed by atoms with E-state index in [9.17, 15) is 0 Å². The normalized spacial score (nSPS) is 15.5. The van der Waals surface area contributed by atoms with Crippen LogP contribution in [0.1, 0.15) is 37.8 Å². The molecule has 0 bridgehead atoms. The maximum absolute atomic E-state index is 6.55. The van der Waals surface area contributed by atoms with E-state index < -0.39 is 5.66 Å². The first kappa shape index (κ1) is 22.1. The van der Waals surface area contributed by atoms with E-state index in [2.05, 4.69) is 40.3 Å². The van der Waals surface area contributed by atoms with Crippen molar-refractivity contribution in [1.29, 1.82) is 0 Å². The SMILES string of the molecule is CC1(C)N=C(N)N=C(N)N1c1ccc(CCCCc2ccccc2)c(Cl)c1.Cl. The molecule has 0 aromatic heterocycles. The lowest BCUT2D eigenvalue weighted by atomic mass is 10.0. The molecule has 0 aliphatic carbocycles. The van der Waals surface area contributed by atoms with E-state index in [1.807, 2.05) is 36.9 Å². The number of aryl methyl sites for hydroxylation is 2. The van der Waals surface area contributed by atoms with E-state index in [1.54, 1.807) is 0 Å². The van der Waals surface area contributed by atoms with Gasteiger partial charge in [-0.15, -0.1) is 12.4 Å². The first-order chi connectivity index (χ1) is 12.9. The monoisotopic (exact) mass is 419 g/mol. The van der Waals surface area contributed by atoms with Gasteiger partial charge < -0.3 is 11.5 Å². The molecule has 0 amide bonds. The molecule has 150 valence electrons. The summed E-state index contributed by atoms with van der Waals surface area (Å²) in [6.07, 6.45) is 4.26. The van der Waals surface area contributed by atoms with E-state index in [4.69, 9.17) is 23.1 Å². The lowest BCUT2D eigenvalue weighted by molar-refractivity contribution is 0.534. The third kappa shape index (κ3) is 5.18. The summed E-state index contributed by atoms with van der Waals surface area (Å²) >= 11 is 6.55. The molecule has 0 fully saturated rings. The van der Waals surface area contributed by atoms with Crippen LogP contribution in [0.15, 0.2) is 58.5 Å². The number of nitrogens with two attached hydrogens (primary N) is 2. The average molecular weight is 420 g/mol. The van der Waals surface area contributed by atoms with Crippen LogP contribution in [0, 0.1) is 0 Å². The zero-order valence-corrected chi connectivity index (χ0v) is 17.8. The largest absolute Gasteiger partial charge is 0.369 e. The zero-order valence-electron chi connectivity index (χ0n) is 16.2. The van der Waals surface area contributed by atoms with Gasteiger partial charge in [-0.2, -0.15) is 4.99 Å². The topological polar surface area (TPSA) is 80.0 Å². The first-order valence-electron chi connectivity index (χ1n) is 9.19. The number of hydrogen-bond donors (Lipinski definition) is 2.